The van der Waals surface area contributed by atoms with Gasteiger partial charge in [-0.2, -0.15) is 0 Å². The van der Waals surface area contributed by atoms with Gasteiger partial charge < -0.3 is 25.7 Å². The van der Waals surface area contributed by atoms with Gasteiger partial charge in [-0.1, -0.05) is 30.3 Å². The molecule has 0 bridgehead atoms. The van der Waals surface area contributed by atoms with E-state index in [-0.39, 0.29) is 30.9 Å². The van der Waals surface area contributed by atoms with Gasteiger partial charge in [0.2, 0.25) is 0 Å². The number of nitrogens with zero attached hydrogens (tertiary/aromatic N) is 2. The van der Waals surface area contributed by atoms with Crippen LogP contribution in [0.2, 0.25) is 0 Å². The first-order valence-electron chi connectivity index (χ1n) is 16.2. The highest BCUT2D eigenvalue weighted by Gasteiger charge is 2.20. The van der Waals surface area contributed by atoms with Crippen LogP contribution in [0.1, 0.15) is 66.3 Å². The first kappa shape index (κ1) is 37.5. The van der Waals surface area contributed by atoms with Crippen LogP contribution in [-0.2, 0) is 29.0 Å². The van der Waals surface area contributed by atoms with Crippen molar-refractivity contribution in [1.82, 2.24) is 15.3 Å². The highest BCUT2D eigenvalue weighted by Crippen LogP contribution is 2.33. The number of aliphatic hydroxyl groups is 2. The summed E-state index contributed by atoms with van der Waals surface area (Å²) >= 11 is 0. The number of ketones is 1. The standard InChI is InChI=1S/C38H42N4O8/c1-21-14-33(40-16-26(21)11-12-27(19-43)37(47)48)36(46)42-31-10-6-9-30(24(31)4)29-8-5-7-25(23(29)3)15-35(45)32-13-22(2)28(17-39-32)18-41-34(20-44)38(49)50/h5-10,13-14,16-17,27,34,41,43-44H,11-12,15,18-20H2,1-4H3,(H,42,46)(H,47,48)(H,49,50)/t27-,34-/m0/s1. The van der Waals surface area contributed by atoms with Gasteiger partial charge in [0.05, 0.1) is 19.1 Å². The molecule has 2 heterocycles. The highest BCUT2D eigenvalue weighted by molar-refractivity contribution is 6.04. The second-order valence-electron chi connectivity index (χ2n) is 12.3. The van der Waals surface area contributed by atoms with Crippen LogP contribution in [-0.4, -0.2) is 73.3 Å². The van der Waals surface area contributed by atoms with E-state index in [1.165, 1.54) is 0 Å². The number of carbonyl (C=O) groups is 4. The van der Waals surface area contributed by atoms with Gasteiger partial charge in [-0.15, -0.1) is 0 Å². The third-order valence-electron chi connectivity index (χ3n) is 8.98. The molecule has 2 aromatic heterocycles. The summed E-state index contributed by atoms with van der Waals surface area (Å²) in [4.78, 5) is 57.6. The molecule has 50 heavy (non-hydrogen) atoms. The van der Waals surface area contributed by atoms with Gasteiger partial charge in [0.25, 0.3) is 5.91 Å². The lowest BCUT2D eigenvalue weighted by atomic mass is 9.91. The molecule has 4 rings (SSSR count). The second-order valence-corrected chi connectivity index (χ2v) is 12.3. The lowest BCUT2D eigenvalue weighted by Gasteiger charge is -2.17. The fourth-order valence-electron chi connectivity index (χ4n) is 5.66. The molecular weight excluding hydrogens is 640 g/mol. The van der Waals surface area contributed by atoms with Crippen LogP contribution in [0.5, 0.6) is 0 Å². The number of rotatable bonds is 16. The number of pyridine rings is 2. The first-order chi connectivity index (χ1) is 23.8. The van der Waals surface area contributed by atoms with E-state index in [0.717, 1.165) is 50.1 Å². The predicted molar refractivity (Wildman–Crippen MR) is 187 cm³/mol. The summed E-state index contributed by atoms with van der Waals surface area (Å²) in [6.07, 6.45) is 3.89. The maximum absolute atomic E-state index is 13.3. The zero-order valence-corrected chi connectivity index (χ0v) is 28.5. The summed E-state index contributed by atoms with van der Waals surface area (Å²) in [6.45, 7) is 6.69. The fourth-order valence-corrected chi connectivity index (χ4v) is 5.66. The molecule has 12 nitrogen and oxygen atoms in total. The third kappa shape index (κ3) is 9.03. The fraction of sp³-hybridized carbons (Fsp3) is 0.316. The Morgan fingerprint density at radius 3 is 1.98 bits per heavy atom. The molecule has 0 spiro atoms. The molecule has 0 aliphatic rings. The molecule has 2 aromatic carbocycles. The molecule has 0 unspecified atom stereocenters. The van der Waals surface area contributed by atoms with Crippen LogP contribution < -0.4 is 10.6 Å². The summed E-state index contributed by atoms with van der Waals surface area (Å²) in [5, 5.41) is 42.6. The van der Waals surface area contributed by atoms with E-state index in [9.17, 15) is 34.5 Å². The molecule has 4 aromatic rings. The predicted octanol–water partition coefficient (Wildman–Crippen LogP) is 4.22. The largest absolute Gasteiger partial charge is 0.481 e. The maximum atomic E-state index is 13.3. The van der Waals surface area contributed by atoms with Gasteiger partial charge >= 0.3 is 11.9 Å². The number of aliphatic carboxylic acids is 2. The molecule has 0 aliphatic heterocycles. The number of aliphatic hydroxyl groups excluding tert-OH is 2. The van der Waals surface area contributed by atoms with Gasteiger partial charge in [-0.3, -0.25) is 34.5 Å². The first-order valence-corrected chi connectivity index (χ1v) is 16.2. The summed E-state index contributed by atoms with van der Waals surface area (Å²) < 4.78 is 0. The van der Waals surface area contributed by atoms with Crippen molar-refractivity contribution in [3.05, 3.63) is 111 Å². The summed E-state index contributed by atoms with van der Waals surface area (Å²) in [7, 11) is 0. The van der Waals surface area contributed by atoms with Crippen molar-refractivity contribution in [2.45, 2.75) is 59.5 Å². The molecule has 1 amide bonds. The summed E-state index contributed by atoms with van der Waals surface area (Å²) in [5.74, 6) is -3.64. The number of aromatic nitrogens is 2. The van der Waals surface area contributed by atoms with Crippen molar-refractivity contribution in [3.8, 4) is 11.1 Å². The molecule has 2 atom stereocenters. The molecule has 0 aliphatic carbocycles. The zero-order valence-electron chi connectivity index (χ0n) is 28.5. The number of nitrogens with one attached hydrogen (secondary N) is 2. The van der Waals surface area contributed by atoms with Crippen LogP contribution in [0.4, 0.5) is 5.69 Å². The topological polar surface area (TPSA) is 199 Å². The smallest absolute Gasteiger partial charge is 0.323 e. The maximum Gasteiger partial charge on any atom is 0.323 e. The molecule has 262 valence electrons. The monoisotopic (exact) mass is 682 g/mol. The number of hydrogen-bond acceptors (Lipinski definition) is 9. The van der Waals surface area contributed by atoms with Crippen LogP contribution in [0.3, 0.4) is 0 Å². The van der Waals surface area contributed by atoms with E-state index in [0.29, 0.717) is 17.8 Å². The van der Waals surface area contributed by atoms with Crippen molar-refractivity contribution in [3.63, 3.8) is 0 Å². The number of Topliss-reactive ketones (excluding diaryl/α,β-unsaturated/α-hetero) is 1. The van der Waals surface area contributed by atoms with Crippen LogP contribution in [0, 0.1) is 33.6 Å². The minimum atomic E-state index is -1.16. The van der Waals surface area contributed by atoms with Crippen LogP contribution >= 0.6 is 0 Å². The number of anilines is 1. The Hall–Kier alpha value is -5.30. The molecule has 0 saturated carbocycles. The van der Waals surface area contributed by atoms with Crippen molar-refractivity contribution < 1.29 is 39.6 Å². The average molecular weight is 683 g/mol. The van der Waals surface area contributed by atoms with Gasteiger partial charge in [-0.05, 0) is 109 Å². The van der Waals surface area contributed by atoms with E-state index < -0.39 is 43.0 Å². The Morgan fingerprint density at radius 2 is 1.36 bits per heavy atom. The quantitative estimate of drug-likeness (QED) is 0.0925. The zero-order chi connectivity index (χ0) is 36.5. The molecular formula is C38H42N4O8. The molecule has 12 heteroatoms. The number of carbonyl (C=O) groups excluding carboxylic acids is 2. The Balaban J connectivity index is 1.48. The van der Waals surface area contributed by atoms with E-state index in [1.807, 2.05) is 58.0 Å². The lowest BCUT2D eigenvalue weighted by molar-refractivity contribution is -0.143. The normalized spacial score (nSPS) is 12.3. The SMILES string of the molecule is Cc1cc(C(=O)Nc2cccc(-c3cccc(CC(=O)c4cc(C)c(CN[C@@H](CO)C(=O)O)cn4)c3C)c2C)ncc1CC[C@@H](CO)C(=O)O. The van der Waals surface area contributed by atoms with Gasteiger partial charge in [0.1, 0.15) is 17.4 Å². The van der Waals surface area contributed by atoms with E-state index >= 15 is 0 Å². The highest BCUT2D eigenvalue weighted by atomic mass is 16.4. The Labute approximate surface area is 290 Å². The van der Waals surface area contributed by atoms with E-state index in [1.54, 1.807) is 30.6 Å². The third-order valence-corrected chi connectivity index (χ3v) is 8.98. The number of carboxylic acids is 2. The van der Waals surface area contributed by atoms with E-state index in [4.69, 9.17) is 5.11 Å². The number of aryl methyl sites for hydroxylation is 3. The van der Waals surface area contributed by atoms with Crippen molar-refractivity contribution in [1.29, 1.82) is 0 Å². The van der Waals surface area contributed by atoms with Crippen molar-refractivity contribution >= 4 is 29.3 Å². The minimum Gasteiger partial charge on any atom is -0.481 e. The summed E-state index contributed by atoms with van der Waals surface area (Å²) in [5.41, 5.74) is 8.56. The summed E-state index contributed by atoms with van der Waals surface area (Å²) in [6, 6.07) is 13.6. The average Bonchev–Trinajstić information content (AvgIpc) is 3.08. The molecule has 0 radical (unpaired) electrons. The van der Waals surface area contributed by atoms with Crippen molar-refractivity contribution in [2.24, 2.45) is 5.92 Å². The Bertz CT molecular complexity index is 1770. The number of benzene rings is 2. The number of carboxylic acid groups (broad SMARTS) is 2. The lowest BCUT2D eigenvalue weighted by Crippen LogP contribution is -2.39. The van der Waals surface area contributed by atoms with Gasteiger partial charge in [0, 0.05) is 31.0 Å². The Kier molecular flexibility index (Phi) is 12.7. The molecule has 0 fully saturated rings. The Morgan fingerprint density at radius 1 is 0.740 bits per heavy atom. The van der Waals surface area contributed by atoms with Crippen LogP contribution in [0.25, 0.3) is 11.1 Å². The van der Waals surface area contributed by atoms with E-state index in [2.05, 4.69) is 20.6 Å². The number of amides is 1. The minimum absolute atomic E-state index is 0.114. The molecule has 6 N–H and O–H groups in total. The number of hydrogen-bond donors (Lipinski definition) is 6. The van der Waals surface area contributed by atoms with Crippen LogP contribution in [0.15, 0.2) is 60.9 Å². The van der Waals surface area contributed by atoms with Gasteiger partial charge in [0.15, 0.2) is 5.78 Å². The van der Waals surface area contributed by atoms with Gasteiger partial charge in [-0.25, -0.2) is 0 Å². The van der Waals surface area contributed by atoms with Crippen molar-refractivity contribution in [2.75, 3.05) is 18.5 Å². The molecule has 0 saturated heterocycles. The second kappa shape index (κ2) is 16.9.